The molecule has 8 heteroatoms. The Hall–Kier alpha value is -3.75. The van der Waals surface area contributed by atoms with E-state index < -0.39 is 18.1 Å². The van der Waals surface area contributed by atoms with Crippen molar-refractivity contribution in [3.8, 4) is 0 Å². The first-order valence-electron chi connectivity index (χ1n) is 25.8. The lowest BCUT2D eigenvalue weighted by Crippen LogP contribution is -2.55. The second-order valence-corrected chi connectivity index (χ2v) is 18.1. The summed E-state index contributed by atoms with van der Waals surface area (Å²) in [6, 6.07) is -0.737. The minimum Gasteiger partial charge on any atom is -0.544 e. The number of nitrogens with zero attached hydrogens (tertiary/aromatic N) is 1. The van der Waals surface area contributed by atoms with Crippen LogP contribution < -0.4 is 5.11 Å². The molecule has 0 amide bonds. The predicted molar refractivity (Wildman–Crippen MR) is 272 cm³/mol. The van der Waals surface area contributed by atoms with Gasteiger partial charge in [0.05, 0.1) is 40.3 Å². The number of allylic oxidation sites excluding steroid dienone is 16. The number of rotatable bonds is 45. The van der Waals surface area contributed by atoms with Crippen molar-refractivity contribution in [3.63, 3.8) is 0 Å². The zero-order valence-electron chi connectivity index (χ0n) is 42.1. The van der Waals surface area contributed by atoms with E-state index in [1.54, 1.807) is 21.1 Å². The second kappa shape index (κ2) is 46.8. The van der Waals surface area contributed by atoms with E-state index in [1.165, 1.54) is 77.0 Å². The Labute approximate surface area is 398 Å². The molecule has 8 nitrogen and oxygen atoms in total. The Balaban J connectivity index is 4.27. The second-order valence-electron chi connectivity index (χ2n) is 18.1. The molecular weight excluding hydrogens is 811 g/mol. The lowest BCUT2D eigenvalue weighted by atomic mass is 10.0. The number of carbonyl (C=O) groups excluding carboxylic acids is 3. The summed E-state index contributed by atoms with van der Waals surface area (Å²) in [5.41, 5.74) is 0. The molecule has 0 aliphatic heterocycles. The summed E-state index contributed by atoms with van der Waals surface area (Å²) < 4.78 is 17.2. The molecule has 0 bridgehead atoms. The molecule has 0 aromatic carbocycles. The van der Waals surface area contributed by atoms with Gasteiger partial charge in [0.15, 0.2) is 6.10 Å². The van der Waals surface area contributed by atoms with Crippen LogP contribution in [-0.2, 0) is 28.6 Å². The molecule has 0 aliphatic carbocycles. The number of hydrogen-bond donors (Lipinski definition) is 0. The largest absolute Gasteiger partial charge is 0.544 e. The van der Waals surface area contributed by atoms with Gasteiger partial charge in [-0.1, -0.05) is 207 Å². The highest BCUT2D eigenvalue weighted by molar-refractivity contribution is 5.70. The number of carboxylic acid groups (broad SMARTS) is 1. The fourth-order valence-corrected chi connectivity index (χ4v) is 7.12. The van der Waals surface area contributed by atoms with Gasteiger partial charge >= 0.3 is 11.9 Å². The van der Waals surface area contributed by atoms with Crippen LogP contribution in [-0.4, -0.2) is 75.5 Å². The number of unbranched alkanes of at least 4 members (excludes halogenated alkanes) is 19. The fraction of sp³-hybridized carbons (Fsp3) is 0.667. The van der Waals surface area contributed by atoms with Crippen molar-refractivity contribution in [1.82, 2.24) is 0 Å². The van der Waals surface area contributed by atoms with Gasteiger partial charge in [-0.25, -0.2) is 0 Å². The van der Waals surface area contributed by atoms with E-state index >= 15 is 0 Å². The highest BCUT2D eigenvalue weighted by Gasteiger charge is 2.25. The number of carbonyl (C=O) groups is 3. The van der Waals surface area contributed by atoms with Crippen LogP contribution in [0.1, 0.15) is 194 Å². The summed E-state index contributed by atoms with van der Waals surface area (Å²) in [6.07, 6.45) is 62.9. The third kappa shape index (κ3) is 45.2. The number of aliphatic carboxylic acids is 1. The van der Waals surface area contributed by atoms with Crippen molar-refractivity contribution in [2.75, 3.05) is 41.0 Å². The standard InChI is InChI=1S/C57H95NO7/c1-6-8-10-12-14-16-18-20-22-24-26-27-28-29-30-32-33-35-37-39-41-43-45-47-55(59)64-52-53(51-63-50-49-54(57(61)62)58(3,4)5)65-56(60)48-46-44-42-40-38-36-34-31-25-23-21-19-17-15-13-11-9-7-2/h8,10-11,13-17,19-23,25,31,34,53-54H,6-7,9,12,18,24,26-30,32-33,35-52H2,1-5H3/b10-8+,13-11+,16-14+,17-15+,21-19+,22-20+,25-23+,34-31+. The zero-order chi connectivity index (χ0) is 47.7. The molecule has 0 spiro atoms. The minimum atomic E-state index is -1.13. The van der Waals surface area contributed by atoms with Crippen molar-refractivity contribution < 1.29 is 38.2 Å². The van der Waals surface area contributed by atoms with Crippen molar-refractivity contribution in [2.45, 2.75) is 206 Å². The van der Waals surface area contributed by atoms with Gasteiger partial charge in [-0.2, -0.15) is 0 Å². The summed E-state index contributed by atoms with van der Waals surface area (Å²) in [7, 11) is 5.40. The van der Waals surface area contributed by atoms with Gasteiger partial charge in [0.25, 0.3) is 0 Å². The maximum absolute atomic E-state index is 12.8. The third-order valence-electron chi connectivity index (χ3n) is 11.1. The minimum absolute atomic E-state index is 0.0247. The molecule has 0 aliphatic rings. The lowest BCUT2D eigenvalue weighted by Gasteiger charge is -2.34. The molecule has 0 rings (SSSR count). The van der Waals surface area contributed by atoms with Crippen molar-refractivity contribution >= 4 is 17.9 Å². The molecule has 0 saturated carbocycles. The Morgan fingerprint density at radius 2 is 0.923 bits per heavy atom. The summed E-state index contributed by atoms with van der Waals surface area (Å²) in [6.45, 7) is 4.44. The smallest absolute Gasteiger partial charge is 0.306 e. The highest BCUT2D eigenvalue weighted by Crippen LogP contribution is 2.15. The van der Waals surface area contributed by atoms with E-state index in [4.69, 9.17) is 14.2 Å². The van der Waals surface area contributed by atoms with Crippen LogP contribution >= 0.6 is 0 Å². The molecule has 0 fully saturated rings. The first-order chi connectivity index (χ1) is 31.6. The maximum Gasteiger partial charge on any atom is 0.306 e. The van der Waals surface area contributed by atoms with E-state index in [0.717, 1.165) is 83.5 Å². The number of hydrogen-bond acceptors (Lipinski definition) is 7. The maximum atomic E-state index is 12.8. The lowest BCUT2D eigenvalue weighted by molar-refractivity contribution is -0.889. The third-order valence-corrected chi connectivity index (χ3v) is 11.1. The van der Waals surface area contributed by atoms with Gasteiger partial charge in [0.2, 0.25) is 0 Å². The Kier molecular flexibility index (Phi) is 44.1. The van der Waals surface area contributed by atoms with Gasteiger partial charge in [0, 0.05) is 19.3 Å². The summed E-state index contributed by atoms with van der Waals surface area (Å²) in [5, 5.41) is 11.7. The molecule has 0 aromatic heterocycles. The summed E-state index contributed by atoms with van der Waals surface area (Å²) in [4.78, 5) is 37.1. The zero-order valence-corrected chi connectivity index (χ0v) is 42.1. The van der Waals surface area contributed by atoms with Gasteiger partial charge in [-0.3, -0.25) is 9.59 Å². The van der Waals surface area contributed by atoms with Gasteiger partial charge in [0.1, 0.15) is 12.6 Å². The molecule has 0 radical (unpaired) electrons. The quantitative estimate of drug-likeness (QED) is 0.0197. The fourth-order valence-electron chi connectivity index (χ4n) is 7.12. The molecule has 0 saturated heterocycles. The number of esters is 2. The van der Waals surface area contributed by atoms with Crippen molar-refractivity contribution in [3.05, 3.63) is 97.2 Å². The molecule has 65 heavy (non-hydrogen) atoms. The van der Waals surface area contributed by atoms with Crippen LogP contribution in [0.2, 0.25) is 0 Å². The first kappa shape index (κ1) is 61.2. The number of quaternary nitrogens is 1. The molecular formula is C57H95NO7. The molecule has 0 aromatic rings. The van der Waals surface area contributed by atoms with Crippen LogP contribution in [0.3, 0.4) is 0 Å². The topological polar surface area (TPSA) is 102 Å². The van der Waals surface area contributed by atoms with Crippen LogP contribution in [0.5, 0.6) is 0 Å². The van der Waals surface area contributed by atoms with E-state index in [2.05, 4.69) is 74.6 Å². The normalized spacial score (nSPS) is 13.7. The number of ether oxygens (including phenoxy) is 3. The molecule has 0 heterocycles. The SMILES string of the molecule is CC/C=C/C/C=C/C/C=C/CCCCCCCCCCCCCCCC(=O)OCC(COCCC(C(=O)[O-])[N+](C)(C)C)OC(=O)CCCCCCC/C=C/C=C/C=C/C=C/C=C/CCC. The summed E-state index contributed by atoms with van der Waals surface area (Å²) in [5.74, 6) is -1.78. The van der Waals surface area contributed by atoms with Crippen LogP contribution in [0.25, 0.3) is 0 Å². The Morgan fingerprint density at radius 1 is 0.492 bits per heavy atom. The van der Waals surface area contributed by atoms with Gasteiger partial charge < -0.3 is 28.6 Å². The average molecular weight is 906 g/mol. The highest BCUT2D eigenvalue weighted by atomic mass is 16.6. The number of carboxylic acids is 1. The van der Waals surface area contributed by atoms with Crippen LogP contribution in [0, 0.1) is 0 Å². The van der Waals surface area contributed by atoms with E-state index in [1.807, 2.05) is 36.5 Å². The summed E-state index contributed by atoms with van der Waals surface area (Å²) >= 11 is 0. The molecule has 2 atom stereocenters. The van der Waals surface area contributed by atoms with E-state index in [-0.39, 0.29) is 49.1 Å². The molecule has 2 unspecified atom stereocenters. The molecule has 370 valence electrons. The van der Waals surface area contributed by atoms with Crippen LogP contribution in [0.15, 0.2) is 97.2 Å². The monoisotopic (exact) mass is 906 g/mol. The van der Waals surface area contributed by atoms with Crippen molar-refractivity contribution in [2.24, 2.45) is 0 Å². The van der Waals surface area contributed by atoms with E-state index in [9.17, 15) is 19.5 Å². The van der Waals surface area contributed by atoms with Crippen molar-refractivity contribution in [1.29, 1.82) is 0 Å². The van der Waals surface area contributed by atoms with E-state index in [0.29, 0.717) is 6.42 Å². The van der Waals surface area contributed by atoms with Gasteiger partial charge in [-0.15, -0.1) is 0 Å². The Bertz CT molecular complexity index is 1380. The first-order valence-corrected chi connectivity index (χ1v) is 25.8. The molecule has 0 N–H and O–H groups in total. The number of likely N-dealkylation sites (N-methyl/N-ethyl adjacent to an activating group) is 1. The average Bonchev–Trinajstić information content (AvgIpc) is 3.27. The predicted octanol–water partition coefficient (Wildman–Crippen LogP) is 13.7. The Morgan fingerprint density at radius 3 is 1.42 bits per heavy atom. The van der Waals surface area contributed by atoms with Crippen LogP contribution in [0.4, 0.5) is 0 Å². The van der Waals surface area contributed by atoms with Gasteiger partial charge in [-0.05, 0) is 64.2 Å².